The second-order valence-corrected chi connectivity index (χ2v) is 2.89. The Bertz CT molecular complexity index is 362. The molecule has 1 N–H and O–H groups in total. The van der Waals surface area contributed by atoms with Gasteiger partial charge >= 0.3 is 12.1 Å². The summed E-state index contributed by atoms with van der Waals surface area (Å²) < 4.78 is 40.2. The van der Waals surface area contributed by atoms with E-state index in [4.69, 9.17) is 4.74 Å². The number of amides is 1. The van der Waals surface area contributed by atoms with Crippen molar-refractivity contribution < 1.29 is 22.7 Å². The number of hydrogen-bond acceptors (Lipinski definition) is 3. The van der Waals surface area contributed by atoms with Gasteiger partial charge in [0.1, 0.15) is 0 Å². The second kappa shape index (κ2) is 4.82. The van der Waals surface area contributed by atoms with Crippen molar-refractivity contribution in [3.63, 3.8) is 0 Å². The fourth-order valence-corrected chi connectivity index (χ4v) is 0.919. The van der Waals surface area contributed by atoms with Crippen molar-refractivity contribution in [2.24, 2.45) is 0 Å². The van der Waals surface area contributed by atoms with Crippen LogP contribution in [0.1, 0.15) is 5.56 Å². The summed E-state index contributed by atoms with van der Waals surface area (Å²) in [6.07, 6.45) is -3.53. The molecule has 7 heteroatoms. The number of methoxy groups -OCH3 is 1. The molecule has 16 heavy (non-hydrogen) atoms. The van der Waals surface area contributed by atoms with Crippen LogP contribution in [-0.2, 0) is 11.3 Å². The third kappa shape index (κ3) is 3.41. The summed E-state index contributed by atoms with van der Waals surface area (Å²) in [6.45, 7) is -0.227. The molecule has 1 rings (SSSR count). The van der Waals surface area contributed by atoms with Crippen LogP contribution in [0.5, 0.6) is 5.88 Å². The number of nitrogens with zero attached hydrogens (tertiary/aromatic N) is 1. The number of alkyl halides is 3. The van der Waals surface area contributed by atoms with Crippen LogP contribution in [0.3, 0.4) is 0 Å². The number of nitrogens with one attached hydrogen (secondary N) is 1. The fourth-order valence-electron chi connectivity index (χ4n) is 0.919. The average molecular weight is 234 g/mol. The molecular weight excluding hydrogens is 225 g/mol. The van der Waals surface area contributed by atoms with Crippen molar-refractivity contribution in [1.29, 1.82) is 0 Å². The Balaban J connectivity index is 2.52. The zero-order valence-corrected chi connectivity index (χ0v) is 8.34. The smallest absolute Gasteiger partial charge is 0.471 e. The molecule has 0 radical (unpaired) electrons. The van der Waals surface area contributed by atoms with Gasteiger partial charge in [0, 0.05) is 18.8 Å². The fraction of sp³-hybridized carbons (Fsp3) is 0.333. The Hall–Kier alpha value is -1.79. The van der Waals surface area contributed by atoms with Gasteiger partial charge in [-0.1, -0.05) is 6.07 Å². The van der Waals surface area contributed by atoms with Gasteiger partial charge in [-0.2, -0.15) is 13.2 Å². The highest BCUT2D eigenvalue weighted by Crippen LogP contribution is 2.14. The summed E-state index contributed by atoms with van der Waals surface area (Å²) in [7, 11) is 1.42. The van der Waals surface area contributed by atoms with Crippen LogP contribution < -0.4 is 10.1 Å². The van der Waals surface area contributed by atoms with E-state index in [-0.39, 0.29) is 6.54 Å². The Morgan fingerprint density at radius 3 is 2.62 bits per heavy atom. The molecule has 0 aliphatic rings. The van der Waals surface area contributed by atoms with E-state index < -0.39 is 12.1 Å². The van der Waals surface area contributed by atoms with E-state index in [1.807, 2.05) is 0 Å². The van der Waals surface area contributed by atoms with Crippen LogP contribution in [0.2, 0.25) is 0 Å². The molecule has 0 bridgehead atoms. The lowest BCUT2D eigenvalue weighted by Crippen LogP contribution is -2.36. The molecule has 88 valence electrons. The maximum atomic E-state index is 11.8. The minimum atomic E-state index is -4.86. The zero-order valence-electron chi connectivity index (χ0n) is 8.34. The summed E-state index contributed by atoms with van der Waals surface area (Å²) in [5.74, 6) is -1.62. The molecule has 0 saturated heterocycles. The molecule has 1 aromatic rings. The number of hydrogen-bond donors (Lipinski definition) is 1. The average Bonchev–Trinajstić information content (AvgIpc) is 2.25. The topological polar surface area (TPSA) is 51.2 Å². The molecule has 0 aliphatic carbocycles. The normalized spacial score (nSPS) is 11.0. The molecule has 1 heterocycles. The molecule has 1 aromatic heterocycles. The molecule has 4 nitrogen and oxygen atoms in total. The van der Waals surface area contributed by atoms with Crippen LogP contribution in [-0.4, -0.2) is 24.2 Å². The van der Waals surface area contributed by atoms with Crippen LogP contribution in [0, 0.1) is 0 Å². The minimum absolute atomic E-state index is 0.227. The van der Waals surface area contributed by atoms with E-state index in [2.05, 4.69) is 4.98 Å². The first-order valence-corrected chi connectivity index (χ1v) is 4.27. The Morgan fingerprint density at radius 1 is 1.50 bits per heavy atom. The summed E-state index contributed by atoms with van der Waals surface area (Å²) in [5.41, 5.74) is 0.457. The van der Waals surface area contributed by atoms with Gasteiger partial charge in [-0.3, -0.25) is 4.79 Å². The van der Waals surface area contributed by atoms with Gasteiger partial charge in [-0.15, -0.1) is 0 Å². The van der Waals surface area contributed by atoms with E-state index in [0.717, 1.165) is 0 Å². The molecule has 0 aliphatic heterocycles. The highest BCUT2D eigenvalue weighted by atomic mass is 19.4. The van der Waals surface area contributed by atoms with Gasteiger partial charge in [-0.25, -0.2) is 4.98 Å². The molecule has 0 aromatic carbocycles. The Morgan fingerprint density at radius 2 is 2.19 bits per heavy atom. The van der Waals surface area contributed by atoms with Gasteiger partial charge in [0.25, 0.3) is 0 Å². The predicted octanol–water partition coefficient (Wildman–Crippen LogP) is 1.27. The minimum Gasteiger partial charge on any atom is -0.481 e. The largest absolute Gasteiger partial charge is 0.481 e. The number of carbonyl (C=O) groups excluding carboxylic acids is 1. The van der Waals surface area contributed by atoms with Gasteiger partial charge < -0.3 is 10.1 Å². The Labute approximate surface area is 89.4 Å². The van der Waals surface area contributed by atoms with E-state index in [1.54, 1.807) is 5.32 Å². The summed E-state index contributed by atoms with van der Waals surface area (Å²) >= 11 is 0. The molecule has 0 unspecified atom stereocenters. The monoisotopic (exact) mass is 234 g/mol. The van der Waals surface area contributed by atoms with E-state index >= 15 is 0 Å². The number of rotatable bonds is 3. The maximum Gasteiger partial charge on any atom is 0.471 e. The van der Waals surface area contributed by atoms with Gasteiger partial charge in [-0.05, 0) is 5.56 Å². The van der Waals surface area contributed by atoms with Crippen molar-refractivity contribution in [3.05, 3.63) is 23.9 Å². The number of halogens is 3. The third-order valence-electron chi connectivity index (χ3n) is 1.72. The summed E-state index contributed by atoms with van der Waals surface area (Å²) in [5, 5.41) is 1.73. The standard InChI is InChI=1S/C9H9F3N2O2/c1-16-7-3-2-6(4-13-7)5-14-8(15)9(10,11)12/h2-4H,5H2,1H3,(H,14,15). The third-order valence-corrected chi connectivity index (χ3v) is 1.72. The Kier molecular flexibility index (Phi) is 3.70. The van der Waals surface area contributed by atoms with Crippen LogP contribution in [0.4, 0.5) is 13.2 Å². The van der Waals surface area contributed by atoms with Gasteiger partial charge in [0.05, 0.1) is 7.11 Å². The van der Waals surface area contributed by atoms with Crippen molar-refractivity contribution >= 4 is 5.91 Å². The summed E-state index contributed by atoms with van der Waals surface area (Å²) in [6, 6.07) is 3.01. The lowest BCUT2D eigenvalue weighted by Gasteiger charge is -2.07. The number of carbonyl (C=O) groups is 1. The highest BCUT2D eigenvalue weighted by molar-refractivity contribution is 5.81. The first-order chi connectivity index (χ1) is 7.43. The van der Waals surface area contributed by atoms with Gasteiger partial charge in [0.2, 0.25) is 5.88 Å². The first-order valence-electron chi connectivity index (χ1n) is 4.27. The molecule has 0 spiro atoms. The van der Waals surface area contributed by atoms with Crippen molar-refractivity contribution in [1.82, 2.24) is 10.3 Å². The SMILES string of the molecule is COc1ccc(CNC(=O)C(F)(F)F)cn1. The number of ether oxygens (including phenoxy) is 1. The molecular formula is C9H9F3N2O2. The first kappa shape index (κ1) is 12.3. The molecule has 0 saturated carbocycles. The van der Waals surface area contributed by atoms with Crippen LogP contribution in [0.25, 0.3) is 0 Å². The maximum absolute atomic E-state index is 11.8. The quantitative estimate of drug-likeness (QED) is 0.856. The lowest BCUT2D eigenvalue weighted by atomic mass is 10.3. The van der Waals surface area contributed by atoms with Crippen molar-refractivity contribution in [3.8, 4) is 5.88 Å². The van der Waals surface area contributed by atoms with Crippen molar-refractivity contribution in [2.75, 3.05) is 7.11 Å². The van der Waals surface area contributed by atoms with E-state index in [1.165, 1.54) is 25.4 Å². The lowest BCUT2D eigenvalue weighted by molar-refractivity contribution is -0.173. The van der Waals surface area contributed by atoms with Crippen molar-refractivity contribution in [2.45, 2.75) is 12.7 Å². The predicted molar refractivity (Wildman–Crippen MR) is 48.7 cm³/mol. The number of aromatic nitrogens is 1. The van der Waals surface area contributed by atoms with E-state index in [0.29, 0.717) is 11.4 Å². The summed E-state index contributed by atoms with van der Waals surface area (Å²) in [4.78, 5) is 14.3. The second-order valence-electron chi connectivity index (χ2n) is 2.89. The van der Waals surface area contributed by atoms with Crippen LogP contribution in [0.15, 0.2) is 18.3 Å². The van der Waals surface area contributed by atoms with Gasteiger partial charge in [0.15, 0.2) is 0 Å². The molecule has 0 fully saturated rings. The molecule has 1 amide bonds. The zero-order chi connectivity index (χ0) is 12.2. The number of pyridine rings is 1. The highest BCUT2D eigenvalue weighted by Gasteiger charge is 2.38. The van der Waals surface area contributed by atoms with Crippen LogP contribution >= 0.6 is 0 Å². The van der Waals surface area contributed by atoms with E-state index in [9.17, 15) is 18.0 Å². The molecule has 0 atom stereocenters.